The van der Waals surface area contributed by atoms with Gasteiger partial charge in [0, 0.05) is 17.1 Å². The molecule has 0 aromatic heterocycles. The van der Waals surface area contributed by atoms with Crippen molar-refractivity contribution in [3.63, 3.8) is 0 Å². The van der Waals surface area contributed by atoms with E-state index in [1.54, 1.807) is 31.2 Å². The molecule has 0 saturated heterocycles. The van der Waals surface area contributed by atoms with Gasteiger partial charge in [0.05, 0.1) is 18.6 Å². The number of ether oxygens (including phenoxy) is 1. The maximum absolute atomic E-state index is 13.5. The van der Waals surface area contributed by atoms with Crippen molar-refractivity contribution in [1.29, 1.82) is 0 Å². The van der Waals surface area contributed by atoms with Crippen molar-refractivity contribution in [3.8, 4) is 5.75 Å². The Bertz CT molecular complexity index is 1110. The molecule has 35 heavy (non-hydrogen) atoms. The van der Waals surface area contributed by atoms with Crippen LogP contribution in [-0.4, -0.2) is 56.6 Å². The Morgan fingerprint density at radius 2 is 1.74 bits per heavy atom. The summed E-state index contributed by atoms with van der Waals surface area (Å²) in [6.07, 6.45) is 1.80. The monoisotopic (exact) mass is 567 g/mol. The predicted molar refractivity (Wildman–Crippen MR) is 142 cm³/mol. The van der Waals surface area contributed by atoms with Crippen LogP contribution in [0, 0.1) is 0 Å². The molecule has 0 saturated carbocycles. The number of nitrogens with zero attached hydrogens (tertiary/aromatic N) is 2. The number of halogens is 1. The van der Waals surface area contributed by atoms with Crippen molar-refractivity contribution in [1.82, 2.24) is 10.2 Å². The molecular formula is C25H34BrN3O5S. The van der Waals surface area contributed by atoms with E-state index in [4.69, 9.17) is 4.74 Å². The van der Waals surface area contributed by atoms with Gasteiger partial charge in [-0.2, -0.15) is 0 Å². The highest BCUT2D eigenvalue weighted by Crippen LogP contribution is 2.23. The number of rotatable bonds is 12. The Hall–Kier alpha value is -2.59. The Balaban J connectivity index is 2.36. The number of hydrogen-bond acceptors (Lipinski definition) is 5. The van der Waals surface area contributed by atoms with E-state index < -0.39 is 28.5 Å². The van der Waals surface area contributed by atoms with Gasteiger partial charge >= 0.3 is 0 Å². The molecule has 0 radical (unpaired) electrons. The normalized spacial score (nSPS) is 13.0. The van der Waals surface area contributed by atoms with E-state index in [1.165, 1.54) is 4.90 Å². The van der Waals surface area contributed by atoms with Crippen LogP contribution < -0.4 is 14.4 Å². The SMILES string of the molecule is CCOc1ccc(N(CC(=O)N(Cc2cccc(Br)c2)[C@@H](C)C(=O)N[C@@H](C)CC)S(C)(=O)=O)cc1. The lowest BCUT2D eigenvalue weighted by Crippen LogP contribution is -2.52. The smallest absolute Gasteiger partial charge is 0.244 e. The number of carbonyl (C=O) groups excluding carboxylic acids is 2. The summed E-state index contributed by atoms with van der Waals surface area (Å²) in [5, 5.41) is 2.91. The largest absolute Gasteiger partial charge is 0.494 e. The number of sulfonamides is 1. The first-order valence-electron chi connectivity index (χ1n) is 11.5. The molecular weight excluding hydrogens is 534 g/mol. The summed E-state index contributed by atoms with van der Waals surface area (Å²) in [6, 6.07) is 13.1. The van der Waals surface area contributed by atoms with Crippen LogP contribution in [0.25, 0.3) is 0 Å². The average molecular weight is 569 g/mol. The molecule has 2 aromatic rings. The molecule has 1 N–H and O–H groups in total. The molecule has 2 atom stereocenters. The Morgan fingerprint density at radius 3 is 2.29 bits per heavy atom. The van der Waals surface area contributed by atoms with Crippen LogP contribution in [0.3, 0.4) is 0 Å². The number of amides is 2. The standard InChI is InChI=1S/C25H34BrN3O5S/c1-6-18(3)27-25(31)19(4)28(16-20-9-8-10-21(26)15-20)24(30)17-29(35(5,32)33)22-11-13-23(14-12-22)34-7-2/h8-15,18-19H,6-7,16-17H2,1-5H3,(H,27,31)/t18-,19-/m0/s1. The second-order valence-corrected chi connectivity index (χ2v) is 11.2. The lowest BCUT2D eigenvalue weighted by atomic mass is 10.1. The van der Waals surface area contributed by atoms with Crippen molar-refractivity contribution in [2.24, 2.45) is 0 Å². The van der Waals surface area contributed by atoms with Gasteiger partial charge in [-0.3, -0.25) is 13.9 Å². The van der Waals surface area contributed by atoms with E-state index >= 15 is 0 Å². The number of hydrogen-bond donors (Lipinski definition) is 1. The fraction of sp³-hybridized carbons (Fsp3) is 0.440. The van der Waals surface area contributed by atoms with Crippen molar-refractivity contribution >= 4 is 43.5 Å². The van der Waals surface area contributed by atoms with Crippen molar-refractivity contribution in [2.75, 3.05) is 23.7 Å². The lowest BCUT2D eigenvalue weighted by Gasteiger charge is -2.32. The van der Waals surface area contributed by atoms with Crippen LogP contribution in [0.15, 0.2) is 53.0 Å². The first-order valence-corrected chi connectivity index (χ1v) is 14.1. The van der Waals surface area contributed by atoms with Gasteiger partial charge in [-0.05, 0) is 69.2 Å². The third-order valence-electron chi connectivity index (χ3n) is 5.53. The molecule has 10 heteroatoms. The van der Waals surface area contributed by atoms with Gasteiger partial charge in [0.1, 0.15) is 18.3 Å². The van der Waals surface area contributed by atoms with Gasteiger partial charge < -0.3 is 15.0 Å². The van der Waals surface area contributed by atoms with Gasteiger partial charge in [-0.1, -0.05) is 35.0 Å². The summed E-state index contributed by atoms with van der Waals surface area (Å²) in [7, 11) is -3.78. The summed E-state index contributed by atoms with van der Waals surface area (Å²) >= 11 is 3.43. The molecule has 2 amide bonds. The minimum absolute atomic E-state index is 0.0517. The maximum atomic E-state index is 13.5. The minimum atomic E-state index is -3.78. The maximum Gasteiger partial charge on any atom is 0.244 e. The van der Waals surface area contributed by atoms with Crippen LogP contribution in [-0.2, 0) is 26.2 Å². The molecule has 192 valence electrons. The lowest BCUT2D eigenvalue weighted by molar-refractivity contribution is -0.139. The molecule has 0 bridgehead atoms. The molecule has 0 aliphatic heterocycles. The van der Waals surface area contributed by atoms with E-state index in [-0.39, 0.29) is 18.5 Å². The number of nitrogens with one attached hydrogen (secondary N) is 1. The third kappa shape index (κ3) is 8.54. The van der Waals surface area contributed by atoms with Gasteiger partial charge in [-0.25, -0.2) is 8.42 Å². The number of anilines is 1. The molecule has 0 heterocycles. The van der Waals surface area contributed by atoms with Crippen molar-refractivity contribution < 1.29 is 22.7 Å². The number of benzene rings is 2. The van der Waals surface area contributed by atoms with Crippen LogP contribution in [0.5, 0.6) is 5.75 Å². The van der Waals surface area contributed by atoms with E-state index in [0.29, 0.717) is 18.0 Å². The van der Waals surface area contributed by atoms with Crippen LogP contribution in [0.4, 0.5) is 5.69 Å². The van der Waals surface area contributed by atoms with E-state index in [9.17, 15) is 18.0 Å². The zero-order chi connectivity index (χ0) is 26.2. The molecule has 0 spiro atoms. The molecule has 8 nitrogen and oxygen atoms in total. The quantitative estimate of drug-likeness (QED) is 0.419. The summed E-state index contributed by atoms with van der Waals surface area (Å²) in [6.45, 7) is 7.54. The topological polar surface area (TPSA) is 96.0 Å². The highest BCUT2D eigenvalue weighted by molar-refractivity contribution is 9.10. The van der Waals surface area contributed by atoms with Crippen LogP contribution in [0.1, 0.15) is 39.7 Å². The highest BCUT2D eigenvalue weighted by Gasteiger charge is 2.30. The van der Waals surface area contributed by atoms with E-state index in [1.807, 2.05) is 45.0 Å². The zero-order valence-corrected chi connectivity index (χ0v) is 23.2. The van der Waals surface area contributed by atoms with Gasteiger partial charge in [0.25, 0.3) is 0 Å². The zero-order valence-electron chi connectivity index (χ0n) is 20.8. The second kappa shape index (κ2) is 12.9. The van der Waals surface area contributed by atoms with Gasteiger partial charge in [0.2, 0.25) is 21.8 Å². The summed E-state index contributed by atoms with van der Waals surface area (Å²) < 4.78 is 32.6. The first kappa shape index (κ1) is 28.6. The molecule has 0 fully saturated rings. The van der Waals surface area contributed by atoms with Crippen molar-refractivity contribution in [3.05, 3.63) is 58.6 Å². The fourth-order valence-corrected chi connectivity index (χ4v) is 4.67. The Labute approximate surface area is 216 Å². The molecule has 2 rings (SSSR count). The van der Waals surface area contributed by atoms with Crippen LogP contribution in [0.2, 0.25) is 0 Å². The van der Waals surface area contributed by atoms with E-state index in [2.05, 4.69) is 21.2 Å². The number of carbonyl (C=O) groups is 2. The minimum Gasteiger partial charge on any atom is -0.494 e. The first-order chi connectivity index (χ1) is 16.5. The summed E-state index contributed by atoms with van der Waals surface area (Å²) in [4.78, 5) is 27.9. The third-order valence-corrected chi connectivity index (χ3v) is 7.16. The van der Waals surface area contributed by atoms with Gasteiger partial charge in [-0.15, -0.1) is 0 Å². The van der Waals surface area contributed by atoms with Crippen molar-refractivity contribution in [2.45, 2.75) is 52.7 Å². The fourth-order valence-electron chi connectivity index (χ4n) is 3.37. The molecule has 0 unspecified atom stereocenters. The highest BCUT2D eigenvalue weighted by atomic mass is 79.9. The average Bonchev–Trinajstić information content (AvgIpc) is 2.80. The van der Waals surface area contributed by atoms with Crippen LogP contribution >= 0.6 is 15.9 Å². The second-order valence-electron chi connectivity index (χ2n) is 8.34. The molecule has 2 aromatic carbocycles. The van der Waals surface area contributed by atoms with E-state index in [0.717, 1.165) is 27.0 Å². The summed E-state index contributed by atoms with van der Waals surface area (Å²) in [5.74, 6) is -0.187. The van der Waals surface area contributed by atoms with Gasteiger partial charge in [0.15, 0.2) is 0 Å². The molecule has 0 aliphatic rings. The Kier molecular flexibility index (Phi) is 10.6. The predicted octanol–water partition coefficient (Wildman–Crippen LogP) is 3.95. The Morgan fingerprint density at radius 1 is 1.09 bits per heavy atom. The summed E-state index contributed by atoms with van der Waals surface area (Å²) in [5.41, 5.74) is 1.14. The molecule has 0 aliphatic carbocycles.